The van der Waals surface area contributed by atoms with Crippen LogP contribution in [0.2, 0.25) is 0 Å². The first kappa shape index (κ1) is 19.3. The Morgan fingerprint density at radius 2 is 1.93 bits per heavy atom. The number of anilines is 1. The van der Waals surface area contributed by atoms with Crippen LogP contribution in [0.5, 0.6) is 0 Å². The average Bonchev–Trinajstić information content (AvgIpc) is 3.02. The first-order valence-corrected chi connectivity index (χ1v) is 8.66. The van der Waals surface area contributed by atoms with Crippen molar-refractivity contribution in [2.75, 3.05) is 25.1 Å². The molecule has 1 aliphatic heterocycles. The normalized spacial score (nSPS) is 14.6. The predicted molar refractivity (Wildman–Crippen MR) is 103 cm³/mol. The summed E-state index contributed by atoms with van der Waals surface area (Å²) in [4.78, 5) is 28.9. The first-order chi connectivity index (χ1) is 13.4. The Labute approximate surface area is 161 Å². The Bertz CT molecular complexity index is 951. The highest BCUT2D eigenvalue weighted by Gasteiger charge is 2.25. The molecule has 0 saturated heterocycles. The largest absolute Gasteiger partial charge is 0.464 e. The molecule has 0 unspecified atom stereocenters. The van der Waals surface area contributed by atoms with E-state index >= 15 is 0 Å². The van der Waals surface area contributed by atoms with Crippen molar-refractivity contribution in [2.24, 2.45) is 4.99 Å². The van der Waals surface area contributed by atoms with Crippen molar-refractivity contribution in [1.82, 2.24) is 0 Å². The van der Waals surface area contributed by atoms with Crippen LogP contribution in [0.4, 0.5) is 10.1 Å². The van der Waals surface area contributed by atoms with E-state index in [9.17, 15) is 14.0 Å². The molecule has 28 heavy (non-hydrogen) atoms. The number of carbonyl (C=O) groups excluding carboxylic acids is 2. The molecule has 0 atom stereocenters. The molecule has 2 aromatic rings. The number of hydrogen-bond acceptors (Lipinski definition) is 6. The molecule has 1 heterocycles. The zero-order valence-corrected chi connectivity index (χ0v) is 15.5. The molecule has 0 bridgehead atoms. The lowest BCUT2D eigenvalue weighted by Crippen LogP contribution is -2.23. The topological polar surface area (TPSA) is 68.2 Å². The molecule has 6 nitrogen and oxygen atoms in total. The van der Waals surface area contributed by atoms with Gasteiger partial charge < -0.3 is 14.4 Å². The fourth-order valence-corrected chi connectivity index (χ4v) is 2.60. The van der Waals surface area contributed by atoms with Crippen LogP contribution >= 0.6 is 0 Å². The van der Waals surface area contributed by atoms with Crippen molar-refractivity contribution >= 4 is 29.6 Å². The van der Waals surface area contributed by atoms with Crippen LogP contribution in [0.1, 0.15) is 18.1 Å². The number of benzene rings is 2. The van der Waals surface area contributed by atoms with Gasteiger partial charge in [-0.25, -0.2) is 14.2 Å². The summed E-state index contributed by atoms with van der Waals surface area (Å²) in [6, 6.07) is 13.4. The molecule has 0 radical (unpaired) electrons. The van der Waals surface area contributed by atoms with Gasteiger partial charge in [-0.1, -0.05) is 24.3 Å². The van der Waals surface area contributed by atoms with Gasteiger partial charge in [-0.2, -0.15) is 0 Å². The van der Waals surface area contributed by atoms with E-state index in [-0.39, 0.29) is 23.1 Å². The molecule has 144 valence electrons. The number of aliphatic imine (C=N–C) groups is 1. The zero-order valence-electron chi connectivity index (χ0n) is 15.5. The molecule has 0 aromatic heterocycles. The van der Waals surface area contributed by atoms with Crippen LogP contribution in [-0.4, -0.2) is 38.0 Å². The number of esters is 2. The molecule has 0 aliphatic carbocycles. The third-order valence-electron chi connectivity index (χ3n) is 4.09. The second-order valence-corrected chi connectivity index (χ2v) is 6.17. The molecule has 0 spiro atoms. The maximum Gasteiger partial charge on any atom is 0.363 e. The van der Waals surface area contributed by atoms with Crippen molar-refractivity contribution in [1.29, 1.82) is 0 Å². The van der Waals surface area contributed by atoms with Gasteiger partial charge in [-0.05, 0) is 35.9 Å². The fourth-order valence-electron chi connectivity index (χ4n) is 2.60. The first-order valence-electron chi connectivity index (χ1n) is 8.66. The zero-order chi connectivity index (χ0) is 20.1. The fraction of sp³-hybridized carbons (Fsp3) is 0.190. The summed E-state index contributed by atoms with van der Waals surface area (Å²) in [6.45, 7) is 2.23. The SMILES string of the molecule is CC(=O)OCCN(C)c1ccc(/C=C2\N=C(c3ccccc3F)OC2=O)cc1. The van der Waals surface area contributed by atoms with Gasteiger partial charge >= 0.3 is 11.9 Å². The van der Waals surface area contributed by atoms with Crippen molar-refractivity contribution in [3.05, 3.63) is 71.2 Å². The third-order valence-corrected chi connectivity index (χ3v) is 4.09. The molecule has 0 amide bonds. The average molecular weight is 382 g/mol. The lowest BCUT2D eigenvalue weighted by atomic mass is 10.1. The van der Waals surface area contributed by atoms with Crippen LogP contribution in [0, 0.1) is 5.82 Å². The minimum Gasteiger partial charge on any atom is -0.464 e. The van der Waals surface area contributed by atoms with Crippen LogP contribution in [0.15, 0.2) is 59.2 Å². The summed E-state index contributed by atoms with van der Waals surface area (Å²) in [7, 11) is 1.89. The Morgan fingerprint density at radius 3 is 2.61 bits per heavy atom. The summed E-state index contributed by atoms with van der Waals surface area (Å²) >= 11 is 0. The van der Waals surface area contributed by atoms with E-state index in [4.69, 9.17) is 9.47 Å². The van der Waals surface area contributed by atoms with E-state index in [1.54, 1.807) is 18.2 Å². The number of hydrogen-bond donors (Lipinski definition) is 0. The van der Waals surface area contributed by atoms with E-state index in [2.05, 4.69) is 4.99 Å². The summed E-state index contributed by atoms with van der Waals surface area (Å²) in [5.74, 6) is -1.48. The maximum absolute atomic E-state index is 13.9. The number of rotatable bonds is 6. The summed E-state index contributed by atoms with van der Waals surface area (Å²) in [5.41, 5.74) is 1.93. The maximum atomic E-state index is 13.9. The third kappa shape index (κ3) is 4.62. The molecule has 0 N–H and O–H groups in total. The summed E-state index contributed by atoms with van der Waals surface area (Å²) < 4.78 is 23.9. The highest BCUT2D eigenvalue weighted by atomic mass is 19.1. The Balaban J connectivity index is 1.72. The van der Waals surface area contributed by atoms with Gasteiger partial charge in [0.25, 0.3) is 0 Å². The summed E-state index contributed by atoms with van der Waals surface area (Å²) in [6.07, 6.45) is 1.58. The van der Waals surface area contributed by atoms with Gasteiger partial charge in [0.15, 0.2) is 5.70 Å². The summed E-state index contributed by atoms with van der Waals surface area (Å²) in [5, 5.41) is 0. The van der Waals surface area contributed by atoms with Crippen LogP contribution in [0.25, 0.3) is 6.08 Å². The van der Waals surface area contributed by atoms with Gasteiger partial charge in [0.2, 0.25) is 5.90 Å². The van der Waals surface area contributed by atoms with Gasteiger partial charge in [-0.3, -0.25) is 4.79 Å². The van der Waals surface area contributed by atoms with Crippen molar-refractivity contribution < 1.29 is 23.5 Å². The molecule has 0 saturated carbocycles. The highest BCUT2D eigenvalue weighted by molar-refractivity contribution is 6.12. The van der Waals surface area contributed by atoms with Gasteiger partial charge in [0, 0.05) is 19.7 Å². The molecular formula is C21H19FN2O4. The van der Waals surface area contributed by atoms with Gasteiger partial charge in [0.05, 0.1) is 12.1 Å². The Morgan fingerprint density at radius 1 is 1.21 bits per heavy atom. The number of halogens is 1. The minimum atomic E-state index is -0.624. The number of carbonyl (C=O) groups is 2. The Kier molecular flexibility index (Phi) is 5.84. The Hall–Kier alpha value is -3.48. The van der Waals surface area contributed by atoms with E-state index in [1.807, 2.05) is 36.2 Å². The van der Waals surface area contributed by atoms with Crippen molar-refractivity contribution in [2.45, 2.75) is 6.92 Å². The highest BCUT2D eigenvalue weighted by Crippen LogP contribution is 2.22. The number of cyclic esters (lactones) is 1. The van der Waals surface area contributed by atoms with Crippen molar-refractivity contribution in [3.8, 4) is 0 Å². The quantitative estimate of drug-likeness (QED) is 0.567. The number of nitrogens with zero attached hydrogens (tertiary/aromatic N) is 2. The van der Waals surface area contributed by atoms with Gasteiger partial charge in [0.1, 0.15) is 12.4 Å². The molecule has 2 aromatic carbocycles. The van der Waals surface area contributed by atoms with Gasteiger partial charge in [-0.15, -0.1) is 0 Å². The number of ether oxygens (including phenoxy) is 2. The van der Waals surface area contributed by atoms with Crippen LogP contribution < -0.4 is 4.90 Å². The molecule has 3 rings (SSSR count). The molecule has 1 aliphatic rings. The predicted octanol–water partition coefficient (Wildman–Crippen LogP) is 3.17. The lowest BCUT2D eigenvalue weighted by Gasteiger charge is -2.19. The smallest absolute Gasteiger partial charge is 0.363 e. The second kappa shape index (κ2) is 8.47. The number of likely N-dealkylation sites (N-methyl/N-ethyl adjacent to an activating group) is 1. The van der Waals surface area contributed by atoms with E-state index in [0.29, 0.717) is 13.2 Å². The monoisotopic (exact) mass is 382 g/mol. The standard InChI is InChI=1S/C21H19FN2O4/c1-14(25)27-12-11-24(2)16-9-7-15(8-10-16)13-19-21(26)28-20(23-19)17-5-3-4-6-18(17)22/h3-10,13H,11-12H2,1-2H3/b19-13-. The second-order valence-electron chi connectivity index (χ2n) is 6.17. The molecular weight excluding hydrogens is 363 g/mol. The van der Waals surface area contributed by atoms with E-state index in [0.717, 1.165) is 11.3 Å². The molecule has 7 heteroatoms. The van der Waals surface area contributed by atoms with Crippen LogP contribution in [-0.2, 0) is 19.1 Å². The lowest BCUT2D eigenvalue weighted by molar-refractivity contribution is -0.140. The van der Waals surface area contributed by atoms with E-state index < -0.39 is 11.8 Å². The van der Waals surface area contributed by atoms with Crippen LogP contribution in [0.3, 0.4) is 0 Å². The van der Waals surface area contributed by atoms with E-state index in [1.165, 1.54) is 19.1 Å². The minimum absolute atomic E-state index is 0.0452. The molecule has 0 fully saturated rings. The van der Waals surface area contributed by atoms with Crippen molar-refractivity contribution in [3.63, 3.8) is 0 Å².